The number of aliphatic carboxylic acids is 2. The minimum atomic E-state index is -1.60. The molecule has 0 aliphatic heterocycles. The second-order valence-electron chi connectivity index (χ2n) is 7.54. The Morgan fingerprint density at radius 2 is 1.39 bits per heavy atom. The number of hydrogen-bond acceptors (Lipinski definition) is 8. The lowest BCUT2D eigenvalue weighted by atomic mass is 10.0. The van der Waals surface area contributed by atoms with E-state index in [2.05, 4.69) is 16.0 Å². The number of carbonyl (C=O) groups excluding carboxylic acids is 3. The van der Waals surface area contributed by atoms with Crippen LogP contribution in [0.1, 0.15) is 40.0 Å². The van der Waals surface area contributed by atoms with Crippen molar-refractivity contribution in [1.29, 1.82) is 0 Å². The predicted octanol–water partition coefficient (Wildman–Crippen LogP) is -2.86. The number of aliphatic hydroxyl groups is 2. The molecule has 0 rings (SSSR count). The fourth-order valence-electron chi connectivity index (χ4n) is 2.50. The van der Waals surface area contributed by atoms with E-state index in [1.54, 1.807) is 13.8 Å². The Morgan fingerprint density at radius 3 is 1.81 bits per heavy atom. The van der Waals surface area contributed by atoms with Crippen LogP contribution in [0.4, 0.5) is 0 Å². The second-order valence-corrected chi connectivity index (χ2v) is 7.54. The van der Waals surface area contributed by atoms with E-state index in [4.69, 9.17) is 15.9 Å². The molecule has 3 amide bonds. The lowest BCUT2D eigenvalue weighted by Gasteiger charge is -2.26. The minimum absolute atomic E-state index is 0.0995. The molecule has 0 spiro atoms. The standard InChI is InChI=1S/C18H32N4O9/c1-8(2)6-11(16(28)22-14(9(3)24)18(30)31)20-17(29)12(7-23)21-15(27)10(19)4-5-13(25)26/h8-12,14,23-24H,4-7,19H2,1-3H3,(H,20,29)(H,21,27)(H,22,28)(H,25,26)(H,30,31). The molecule has 0 saturated carbocycles. The van der Waals surface area contributed by atoms with Gasteiger partial charge in [0.25, 0.3) is 0 Å². The summed E-state index contributed by atoms with van der Waals surface area (Å²) in [4.78, 5) is 58.8. The van der Waals surface area contributed by atoms with E-state index in [0.717, 1.165) is 0 Å². The first-order valence-corrected chi connectivity index (χ1v) is 9.70. The minimum Gasteiger partial charge on any atom is -0.481 e. The normalized spacial score (nSPS) is 15.8. The van der Waals surface area contributed by atoms with Gasteiger partial charge in [-0.1, -0.05) is 13.8 Å². The van der Waals surface area contributed by atoms with Crippen LogP contribution in [0.3, 0.4) is 0 Å². The van der Waals surface area contributed by atoms with Crippen molar-refractivity contribution in [2.45, 2.75) is 70.3 Å². The van der Waals surface area contributed by atoms with Crippen molar-refractivity contribution < 1.29 is 44.4 Å². The molecule has 0 aliphatic carbocycles. The third-order valence-electron chi connectivity index (χ3n) is 4.21. The molecule has 13 nitrogen and oxygen atoms in total. The van der Waals surface area contributed by atoms with Crippen LogP contribution in [0, 0.1) is 5.92 Å². The van der Waals surface area contributed by atoms with Crippen molar-refractivity contribution in [3.63, 3.8) is 0 Å². The van der Waals surface area contributed by atoms with Gasteiger partial charge in [0.05, 0.1) is 18.8 Å². The van der Waals surface area contributed by atoms with Gasteiger partial charge in [-0.25, -0.2) is 4.79 Å². The highest BCUT2D eigenvalue weighted by atomic mass is 16.4. The van der Waals surface area contributed by atoms with Crippen LogP contribution in [0.15, 0.2) is 0 Å². The molecule has 178 valence electrons. The number of carboxylic acids is 2. The van der Waals surface area contributed by atoms with E-state index in [-0.39, 0.29) is 25.2 Å². The second kappa shape index (κ2) is 13.5. The molecule has 5 unspecified atom stereocenters. The molecule has 5 atom stereocenters. The molecule has 0 heterocycles. The number of rotatable bonds is 14. The fraction of sp³-hybridized carbons (Fsp3) is 0.722. The molecule has 0 radical (unpaired) electrons. The summed E-state index contributed by atoms with van der Waals surface area (Å²) in [5, 5.41) is 43.4. The SMILES string of the molecule is CC(C)CC(NC(=O)C(CO)NC(=O)C(N)CCC(=O)O)C(=O)NC(C(=O)O)C(C)O. The molecule has 0 aromatic carbocycles. The highest BCUT2D eigenvalue weighted by Crippen LogP contribution is 2.07. The van der Waals surface area contributed by atoms with Gasteiger partial charge in [-0.3, -0.25) is 19.2 Å². The first-order valence-electron chi connectivity index (χ1n) is 9.70. The Hall–Kier alpha value is -2.77. The van der Waals surface area contributed by atoms with E-state index in [1.165, 1.54) is 6.92 Å². The third-order valence-corrected chi connectivity index (χ3v) is 4.21. The highest BCUT2D eigenvalue weighted by Gasteiger charge is 2.32. The highest BCUT2D eigenvalue weighted by molar-refractivity contribution is 5.94. The average Bonchev–Trinajstić information content (AvgIpc) is 2.66. The van der Waals surface area contributed by atoms with Crippen molar-refractivity contribution in [3.8, 4) is 0 Å². The summed E-state index contributed by atoms with van der Waals surface area (Å²) in [6.07, 6.45) is -1.84. The first kappa shape index (κ1) is 28.2. The van der Waals surface area contributed by atoms with Gasteiger partial charge in [-0.2, -0.15) is 0 Å². The van der Waals surface area contributed by atoms with Crippen LogP contribution in [0.5, 0.6) is 0 Å². The quantitative estimate of drug-likeness (QED) is 0.135. The molecule has 0 aromatic rings. The Kier molecular flexibility index (Phi) is 12.3. The number of nitrogens with two attached hydrogens (primary N) is 1. The van der Waals surface area contributed by atoms with E-state index < -0.39 is 66.5 Å². The first-order chi connectivity index (χ1) is 14.3. The number of nitrogens with one attached hydrogen (secondary N) is 3. The lowest BCUT2D eigenvalue weighted by Crippen LogP contribution is -2.59. The Morgan fingerprint density at radius 1 is 0.871 bits per heavy atom. The van der Waals surface area contributed by atoms with Gasteiger partial charge in [0.15, 0.2) is 6.04 Å². The summed E-state index contributed by atoms with van der Waals surface area (Å²) in [5.74, 6) is -5.37. The Labute approximate surface area is 179 Å². The van der Waals surface area contributed by atoms with E-state index >= 15 is 0 Å². The maximum atomic E-state index is 12.5. The monoisotopic (exact) mass is 448 g/mol. The lowest BCUT2D eigenvalue weighted by molar-refractivity contribution is -0.145. The van der Waals surface area contributed by atoms with Gasteiger partial charge >= 0.3 is 11.9 Å². The van der Waals surface area contributed by atoms with Crippen molar-refractivity contribution >= 4 is 29.7 Å². The van der Waals surface area contributed by atoms with Crippen molar-refractivity contribution in [1.82, 2.24) is 16.0 Å². The van der Waals surface area contributed by atoms with E-state index in [9.17, 15) is 34.2 Å². The van der Waals surface area contributed by atoms with E-state index in [1.807, 2.05) is 0 Å². The maximum absolute atomic E-state index is 12.5. The molecular formula is C18H32N4O9. The topological polar surface area (TPSA) is 228 Å². The van der Waals surface area contributed by atoms with Crippen LogP contribution in [-0.4, -0.2) is 87.0 Å². The predicted molar refractivity (Wildman–Crippen MR) is 106 cm³/mol. The number of carbonyl (C=O) groups is 5. The average molecular weight is 448 g/mol. The summed E-state index contributed by atoms with van der Waals surface area (Å²) in [6.45, 7) is 3.86. The summed E-state index contributed by atoms with van der Waals surface area (Å²) in [5.41, 5.74) is 5.56. The summed E-state index contributed by atoms with van der Waals surface area (Å²) in [6, 6.07) is -5.51. The molecule has 0 bridgehead atoms. The number of hydrogen-bond donors (Lipinski definition) is 8. The molecule has 9 N–H and O–H groups in total. The Balaban J connectivity index is 5.21. The summed E-state index contributed by atoms with van der Waals surface area (Å²) < 4.78 is 0. The van der Waals surface area contributed by atoms with Gasteiger partial charge in [-0.05, 0) is 25.7 Å². The van der Waals surface area contributed by atoms with Gasteiger partial charge in [0.1, 0.15) is 12.1 Å². The molecular weight excluding hydrogens is 416 g/mol. The number of amides is 3. The molecule has 31 heavy (non-hydrogen) atoms. The summed E-state index contributed by atoms with van der Waals surface area (Å²) in [7, 11) is 0. The van der Waals surface area contributed by atoms with Crippen LogP contribution >= 0.6 is 0 Å². The zero-order chi connectivity index (χ0) is 24.3. The smallest absolute Gasteiger partial charge is 0.328 e. The van der Waals surface area contributed by atoms with Crippen molar-refractivity contribution in [2.75, 3.05) is 6.61 Å². The van der Waals surface area contributed by atoms with Gasteiger partial charge in [-0.15, -0.1) is 0 Å². The zero-order valence-electron chi connectivity index (χ0n) is 17.7. The van der Waals surface area contributed by atoms with E-state index in [0.29, 0.717) is 0 Å². The number of carboxylic acid groups (broad SMARTS) is 2. The molecule has 13 heteroatoms. The van der Waals surface area contributed by atoms with Crippen LogP contribution in [-0.2, 0) is 24.0 Å². The van der Waals surface area contributed by atoms with Crippen LogP contribution in [0.25, 0.3) is 0 Å². The molecule has 0 aromatic heterocycles. The van der Waals surface area contributed by atoms with Gasteiger partial charge < -0.3 is 42.1 Å². The van der Waals surface area contributed by atoms with Crippen LogP contribution < -0.4 is 21.7 Å². The van der Waals surface area contributed by atoms with Crippen LogP contribution in [0.2, 0.25) is 0 Å². The molecule has 0 aliphatic rings. The largest absolute Gasteiger partial charge is 0.481 e. The van der Waals surface area contributed by atoms with Gasteiger partial charge in [0.2, 0.25) is 17.7 Å². The van der Waals surface area contributed by atoms with Crippen molar-refractivity contribution in [2.24, 2.45) is 11.7 Å². The van der Waals surface area contributed by atoms with Gasteiger partial charge in [0, 0.05) is 6.42 Å². The molecule has 0 fully saturated rings. The third kappa shape index (κ3) is 10.7. The summed E-state index contributed by atoms with van der Waals surface area (Å²) >= 11 is 0. The molecule has 0 saturated heterocycles. The Bertz CT molecular complexity index is 654. The zero-order valence-corrected chi connectivity index (χ0v) is 17.7. The van der Waals surface area contributed by atoms with Crippen molar-refractivity contribution in [3.05, 3.63) is 0 Å². The maximum Gasteiger partial charge on any atom is 0.328 e. The number of aliphatic hydroxyl groups excluding tert-OH is 2. The fourth-order valence-corrected chi connectivity index (χ4v) is 2.50.